The smallest absolute Gasteiger partial charge is 0.218 e. The predicted octanol–water partition coefficient (Wildman–Crippen LogP) is 2.32. The van der Waals surface area contributed by atoms with Crippen molar-refractivity contribution in [1.82, 2.24) is 14.7 Å². The lowest BCUT2D eigenvalue weighted by atomic mass is 10.1. The molecule has 0 spiro atoms. The summed E-state index contributed by atoms with van der Waals surface area (Å²) in [5.41, 5.74) is 5.41. The molecule has 0 heterocycles. The third kappa shape index (κ3) is 6.23. The fourth-order valence-electron chi connectivity index (χ4n) is 3.43. The molecule has 0 fully saturated rings. The van der Waals surface area contributed by atoms with Crippen LogP contribution in [0.3, 0.4) is 0 Å². The van der Waals surface area contributed by atoms with Crippen LogP contribution in [-0.2, 0) is 4.79 Å². The number of hydrogen-bond donors (Lipinski definition) is 1. The molecule has 2 N–H and O–H groups in total. The highest BCUT2D eigenvalue weighted by molar-refractivity contribution is 5.73. The van der Waals surface area contributed by atoms with Crippen molar-refractivity contribution < 1.29 is 4.79 Å². The van der Waals surface area contributed by atoms with Crippen LogP contribution in [0.2, 0.25) is 0 Å². The Morgan fingerprint density at radius 2 is 1.18 bits per heavy atom. The molecule has 1 amide bonds. The van der Waals surface area contributed by atoms with Gasteiger partial charge in [-0.15, -0.1) is 0 Å². The first-order valence-corrected chi connectivity index (χ1v) is 9.02. The molecule has 2 unspecified atom stereocenters. The van der Waals surface area contributed by atoms with Crippen LogP contribution >= 0.6 is 0 Å². The van der Waals surface area contributed by atoms with Gasteiger partial charge in [-0.3, -0.25) is 19.5 Å². The van der Waals surface area contributed by atoms with E-state index >= 15 is 0 Å². The Morgan fingerprint density at radius 3 is 1.41 bits per heavy atom. The van der Waals surface area contributed by atoms with Crippen molar-refractivity contribution in [2.45, 2.75) is 73.1 Å². The molecule has 0 radical (unpaired) electrons. The molecule has 0 bridgehead atoms. The molecule has 0 aromatic carbocycles. The molecule has 0 saturated heterocycles. The van der Waals surface area contributed by atoms with E-state index in [1.54, 1.807) is 0 Å². The molecule has 0 saturated carbocycles. The Morgan fingerprint density at radius 1 is 0.818 bits per heavy atom. The monoisotopic (exact) mass is 314 g/mol. The molecule has 0 aliphatic carbocycles. The summed E-state index contributed by atoms with van der Waals surface area (Å²) in [6.45, 7) is 18.1. The molecule has 5 nitrogen and oxygen atoms in total. The molecular formula is C17H38N4O. The van der Waals surface area contributed by atoms with Crippen LogP contribution in [-0.4, -0.2) is 65.7 Å². The maximum Gasteiger partial charge on any atom is 0.218 e. The lowest BCUT2D eigenvalue weighted by molar-refractivity contribution is -0.119. The van der Waals surface area contributed by atoms with Crippen molar-refractivity contribution in [3.8, 4) is 0 Å². The van der Waals surface area contributed by atoms with E-state index in [-0.39, 0.29) is 5.91 Å². The van der Waals surface area contributed by atoms with E-state index < -0.39 is 0 Å². The van der Waals surface area contributed by atoms with Crippen LogP contribution in [0.15, 0.2) is 0 Å². The topological polar surface area (TPSA) is 52.8 Å². The van der Waals surface area contributed by atoms with Gasteiger partial charge in [-0.2, -0.15) is 0 Å². The first-order chi connectivity index (χ1) is 10.5. The summed E-state index contributed by atoms with van der Waals surface area (Å²) in [5, 5.41) is 0. The minimum absolute atomic E-state index is 0.214. The van der Waals surface area contributed by atoms with Crippen molar-refractivity contribution in [2.24, 2.45) is 5.73 Å². The summed E-state index contributed by atoms with van der Waals surface area (Å²) in [5.74, 6) is -0.214. The molecule has 22 heavy (non-hydrogen) atoms. The standard InChI is InChI=1S/C17H38N4O/c1-7-16(19(9-3)10-4)21(14-13-15(18)22)17(8-2)20(11-5)12-6/h16-17H,7-14H2,1-6H3,(H2,18,22). The number of nitrogens with zero attached hydrogens (tertiary/aromatic N) is 3. The average Bonchev–Trinajstić information content (AvgIpc) is 2.52. The quantitative estimate of drug-likeness (QED) is 0.530. The fourth-order valence-corrected chi connectivity index (χ4v) is 3.43. The van der Waals surface area contributed by atoms with Crippen LogP contribution in [0, 0.1) is 0 Å². The third-order valence-corrected chi connectivity index (χ3v) is 4.58. The second-order valence-corrected chi connectivity index (χ2v) is 5.67. The van der Waals surface area contributed by atoms with Crippen LogP contribution < -0.4 is 5.73 Å². The summed E-state index contributed by atoms with van der Waals surface area (Å²) in [6.07, 6.45) is 3.26. The third-order valence-electron chi connectivity index (χ3n) is 4.58. The van der Waals surface area contributed by atoms with Gasteiger partial charge < -0.3 is 5.73 Å². The number of nitrogens with two attached hydrogens (primary N) is 1. The fraction of sp³-hybridized carbons (Fsp3) is 0.941. The molecule has 2 atom stereocenters. The summed E-state index contributed by atoms with van der Waals surface area (Å²) >= 11 is 0. The highest BCUT2D eigenvalue weighted by Gasteiger charge is 2.30. The van der Waals surface area contributed by atoms with E-state index in [1.807, 2.05) is 0 Å². The Labute approximate surface area is 137 Å². The summed E-state index contributed by atoms with van der Waals surface area (Å²) in [4.78, 5) is 18.8. The zero-order valence-corrected chi connectivity index (χ0v) is 15.6. The van der Waals surface area contributed by atoms with Crippen molar-refractivity contribution in [2.75, 3.05) is 32.7 Å². The molecular weight excluding hydrogens is 276 g/mol. The molecule has 132 valence electrons. The van der Waals surface area contributed by atoms with E-state index in [0.29, 0.717) is 18.8 Å². The zero-order chi connectivity index (χ0) is 17.1. The number of hydrogen-bond acceptors (Lipinski definition) is 4. The lowest BCUT2D eigenvalue weighted by Gasteiger charge is -2.46. The summed E-state index contributed by atoms with van der Waals surface area (Å²) < 4.78 is 0. The van der Waals surface area contributed by atoms with E-state index in [1.165, 1.54) is 0 Å². The lowest BCUT2D eigenvalue weighted by Crippen LogP contribution is -2.58. The van der Waals surface area contributed by atoms with Gasteiger partial charge in [0, 0.05) is 13.0 Å². The van der Waals surface area contributed by atoms with E-state index in [4.69, 9.17) is 5.73 Å². The molecule has 0 aliphatic rings. The van der Waals surface area contributed by atoms with Crippen molar-refractivity contribution in [3.63, 3.8) is 0 Å². The minimum atomic E-state index is -0.214. The first-order valence-electron chi connectivity index (χ1n) is 9.02. The second-order valence-electron chi connectivity index (χ2n) is 5.67. The maximum atomic E-state index is 11.3. The Balaban J connectivity index is 5.39. The number of carbonyl (C=O) groups excluding carboxylic acids is 1. The second kappa shape index (κ2) is 11.9. The first kappa shape index (κ1) is 21.4. The van der Waals surface area contributed by atoms with Gasteiger partial charge in [0.05, 0.1) is 12.3 Å². The van der Waals surface area contributed by atoms with Crippen LogP contribution in [0.5, 0.6) is 0 Å². The predicted molar refractivity (Wildman–Crippen MR) is 94.5 cm³/mol. The van der Waals surface area contributed by atoms with Gasteiger partial charge in [-0.25, -0.2) is 0 Å². The SMILES string of the molecule is CCC(N(CC)CC)N(CCC(N)=O)C(CC)N(CC)CC. The number of carbonyl (C=O) groups is 1. The van der Waals surface area contributed by atoms with E-state index in [2.05, 4.69) is 56.2 Å². The largest absolute Gasteiger partial charge is 0.370 e. The van der Waals surface area contributed by atoms with Gasteiger partial charge in [0.2, 0.25) is 5.91 Å². The van der Waals surface area contributed by atoms with Crippen molar-refractivity contribution in [1.29, 1.82) is 0 Å². The van der Waals surface area contributed by atoms with Gasteiger partial charge in [-0.05, 0) is 39.0 Å². The zero-order valence-electron chi connectivity index (χ0n) is 15.6. The van der Waals surface area contributed by atoms with Gasteiger partial charge in [0.1, 0.15) is 0 Å². The maximum absolute atomic E-state index is 11.3. The normalized spacial score (nSPS) is 14.8. The number of amides is 1. The van der Waals surface area contributed by atoms with Gasteiger partial charge >= 0.3 is 0 Å². The molecule has 0 aromatic rings. The van der Waals surface area contributed by atoms with E-state index in [9.17, 15) is 4.79 Å². The molecule has 0 rings (SSSR count). The summed E-state index contributed by atoms with van der Waals surface area (Å²) in [6, 6.07) is 0. The van der Waals surface area contributed by atoms with Crippen LogP contribution in [0.4, 0.5) is 0 Å². The highest BCUT2D eigenvalue weighted by Crippen LogP contribution is 2.19. The Kier molecular flexibility index (Phi) is 11.5. The number of rotatable bonds is 13. The Hall–Kier alpha value is -0.650. The molecule has 0 aromatic heterocycles. The number of primary amides is 1. The minimum Gasteiger partial charge on any atom is -0.370 e. The van der Waals surface area contributed by atoms with Crippen molar-refractivity contribution in [3.05, 3.63) is 0 Å². The van der Waals surface area contributed by atoms with Crippen molar-refractivity contribution >= 4 is 5.91 Å². The van der Waals surface area contributed by atoms with Gasteiger partial charge in [0.25, 0.3) is 0 Å². The van der Waals surface area contributed by atoms with Gasteiger partial charge in [-0.1, -0.05) is 41.5 Å². The molecule has 0 aliphatic heterocycles. The van der Waals surface area contributed by atoms with Gasteiger partial charge in [0.15, 0.2) is 0 Å². The summed E-state index contributed by atoms with van der Waals surface area (Å²) in [7, 11) is 0. The highest BCUT2D eigenvalue weighted by atomic mass is 16.1. The van der Waals surface area contributed by atoms with Crippen LogP contribution in [0.1, 0.15) is 60.8 Å². The van der Waals surface area contributed by atoms with E-state index in [0.717, 1.165) is 45.6 Å². The average molecular weight is 315 g/mol. The molecule has 5 heteroatoms. The Bertz CT molecular complexity index is 270. The van der Waals surface area contributed by atoms with Crippen LogP contribution in [0.25, 0.3) is 0 Å².